The standard InChI is InChI=1S/C13H18Cl2N2O.ClH/c1-3-6-17(13(18)8-16)9(2)10-4-5-11(14)12(15)7-10;/h4-5,7,9H,3,6,8,16H2,1-2H3;1H. The van der Waals surface area contributed by atoms with Crippen molar-refractivity contribution in [1.82, 2.24) is 4.90 Å². The summed E-state index contributed by atoms with van der Waals surface area (Å²) in [5.41, 5.74) is 6.39. The zero-order valence-corrected chi connectivity index (χ0v) is 13.4. The van der Waals surface area contributed by atoms with Crippen LogP contribution in [-0.4, -0.2) is 23.9 Å². The second-order valence-corrected chi connectivity index (χ2v) is 4.96. The smallest absolute Gasteiger partial charge is 0.236 e. The van der Waals surface area contributed by atoms with E-state index in [-0.39, 0.29) is 30.9 Å². The first-order chi connectivity index (χ1) is 8.51. The van der Waals surface area contributed by atoms with Crippen LogP contribution >= 0.6 is 35.6 Å². The monoisotopic (exact) mass is 324 g/mol. The molecule has 19 heavy (non-hydrogen) atoms. The van der Waals surface area contributed by atoms with Crippen LogP contribution in [-0.2, 0) is 4.79 Å². The Bertz CT molecular complexity index is 426. The number of nitrogens with two attached hydrogens (primary N) is 1. The number of carbonyl (C=O) groups excluding carboxylic acids is 1. The molecule has 0 saturated carbocycles. The van der Waals surface area contributed by atoms with Gasteiger partial charge in [0.05, 0.1) is 22.6 Å². The Labute approximate surface area is 130 Å². The number of rotatable bonds is 5. The van der Waals surface area contributed by atoms with E-state index in [0.717, 1.165) is 12.0 Å². The topological polar surface area (TPSA) is 46.3 Å². The largest absolute Gasteiger partial charge is 0.335 e. The predicted molar refractivity (Wildman–Crippen MR) is 83.2 cm³/mol. The summed E-state index contributed by atoms with van der Waals surface area (Å²) in [4.78, 5) is 13.6. The molecule has 1 unspecified atom stereocenters. The second-order valence-electron chi connectivity index (χ2n) is 4.14. The summed E-state index contributed by atoms with van der Waals surface area (Å²) in [6, 6.07) is 5.36. The van der Waals surface area contributed by atoms with Crippen LogP contribution in [0.25, 0.3) is 0 Å². The molecule has 108 valence electrons. The molecule has 1 aromatic carbocycles. The summed E-state index contributed by atoms with van der Waals surface area (Å²) >= 11 is 11.9. The van der Waals surface area contributed by atoms with Crippen LogP contribution in [0.4, 0.5) is 0 Å². The van der Waals surface area contributed by atoms with E-state index in [9.17, 15) is 4.79 Å². The first kappa shape index (κ1) is 18.5. The van der Waals surface area contributed by atoms with Gasteiger partial charge in [-0.2, -0.15) is 0 Å². The zero-order chi connectivity index (χ0) is 13.7. The van der Waals surface area contributed by atoms with Crippen molar-refractivity contribution >= 4 is 41.5 Å². The van der Waals surface area contributed by atoms with Gasteiger partial charge in [0.15, 0.2) is 0 Å². The molecule has 0 aromatic heterocycles. The number of hydrogen-bond donors (Lipinski definition) is 1. The van der Waals surface area contributed by atoms with E-state index in [2.05, 4.69) is 0 Å². The third kappa shape index (κ3) is 4.84. The normalized spacial score (nSPS) is 11.6. The molecule has 0 spiro atoms. The van der Waals surface area contributed by atoms with Crippen LogP contribution in [0.3, 0.4) is 0 Å². The Balaban J connectivity index is 0.00000324. The van der Waals surface area contributed by atoms with E-state index in [4.69, 9.17) is 28.9 Å². The van der Waals surface area contributed by atoms with Gasteiger partial charge in [0, 0.05) is 6.54 Å². The number of carbonyl (C=O) groups is 1. The van der Waals surface area contributed by atoms with Gasteiger partial charge in [0.2, 0.25) is 5.91 Å². The van der Waals surface area contributed by atoms with Gasteiger partial charge < -0.3 is 10.6 Å². The quantitative estimate of drug-likeness (QED) is 0.897. The molecule has 6 heteroatoms. The highest BCUT2D eigenvalue weighted by atomic mass is 35.5. The highest BCUT2D eigenvalue weighted by Crippen LogP contribution is 2.28. The van der Waals surface area contributed by atoms with Crippen molar-refractivity contribution in [3.8, 4) is 0 Å². The van der Waals surface area contributed by atoms with Crippen LogP contribution in [0.5, 0.6) is 0 Å². The highest BCUT2D eigenvalue weighted by Gasteiger charge is 2.20. The SMILES string of the molecule is CCCN(C(=O)CN)C(C)c1ccc(Cl)c(Cl)c1.Cl. The Hall–Kier alpha value is -0.480. The molecule has 0 aliphatic rings. The van der Waals surface area contributed by atoms with E-state index < -0.39 is 0 Å². The van der Waals surface area contributed by atoms with Gasteiger partial charge in [-0.25, -0.2) is 0 Å². The van der Waals surface area contributed by atoms with Crippen molar-refractivity contribution in [1.29, 1.82) is 0 Å². The molecule has 1 rings (SSSR count). The van der Waals surface area contributed by atoms with E-state index in [1.807, 2.05) is 19.9 Å². The molecule has 1 atom stereocenters. The minimum atomic E-state index is -0.0598. The van der Waals surface area contributed by atoms with Gasteiger partial charge in [-0.3, -0.25) is 4.79 Å². The number of halogens is 3. The summed E-state index contributed by atoms with van der Waals surface area (Å²) in [6.45, 7) is 4.68. The maximum Gasteiger partial charge on any atom is 0.236 e. The minimum absolute atomic E-state index is 0. The van der Waals surface area contributed by atoms with Gasteiger partial charge in [-0.15, -0.1) is 12.4 Å². The maximum absolute atomic E-state index is 11.8. The van der Waals surface area contributed by atoms with Crippen molar-refractivity contribution in [3.63, 3.8) is 0 Å². The van der Waals surface area contributed by atoms with Crippen LogP contribution in [0.1, 0.15) is 31.9 Å². The van der Waals surface area contributed by atoms with Crippen molar-refractivity contribution in [2.75, 3.05) is 13.1 Å². The molecule has 1 amide bonds. The maximum atomic E-state index is 11.8. The van der Waals surface area contributed by atoms with Gasteiger partial charge >= 0.3 is 0 Å². The molecular weight excluding hydrogens is 307 g/mol. The number of nitrogens with zero attached hydrogens (tertiary/aromatic N) is 1. The molecular formula is C13H19Cl3N2O. The van der Waals surface area contributed by atoms with Crippen LogP contribution in [0.2, 0.25) is 10.0 Å². The lowest BCUT2D eigenvalue weighted by Crippen LogP contribution is -2.38. The molecule has 1 aromatic rings. The molecule has 2 N–H and O–H groups in total. The second kappa shape index (κ2) is 8.64. The average molecular weight is 326 g/mol. The molecule has 0 saturated heterocycles. The predicted octanol–water partition coefficient (Wildman–Crippen LogP) is 3.67. The Morgan fingerprint density at radius 3 is 2.47 bits per heavy atom. The van der Waals surface area contributed by atoms with E-state index in [1.54, 1.807) is 17.0 Å². The molecule has 0 heterocycles. The molecule has 0 radical (unpaired) electrons. The first-order valence-corrected chi connectivity index (χ1v) is 6.71. The Kier molecular flexibility index (Phi) is 8.42. The number of benzene rings is 1. The number of amides is 1. The van der Waals surface area contributed by atoms with Crippen molar-refractivity contribution in [2.24, 2.45) is 5.73 Å². The Morgan fingerprint density at radius 2 is 2.00 bits per heavy atom. The van der Waals surface area contributed by atoms with Crippen molar-refractivity contribution < 1.29 is 4.79 Å². The van der Waals surface area contributed by atoms with Crippen LogP contribution in [0, 0.1) is 0 Å². The molecule has 3 nitrogen and oxygen atoms in total. The fourth-order valence-electron chi connectivity index (χ4n) is 1.84. The van der Waals surface area contributed by atoms with Crippen LogP contribution in [0.15, 0.2) is 18.2 Å². The Morgan fingerprint density at radius 1 is 1.37 bits per heavy atom. The fraction of sp³-hybridized carbons (Fsp3) is 0.462. The summed E-state index contributed by atoms with van der Waals surface area (Å²) in [5, 5.41) is 1.01. The first-order valence-electron chi connectivity index (χ1n) is 5.95. The summed E-state index contributed by atoms with van der Waals surface area (Å²) in [6.07, 6.45) is 0.886. The lowest BCUT2D eigenvalue weighted by molar-refractivity contribution is -0.131. The summed E-state index contributed by atoms with van der Waals surface area (Å²) in [7, 11) is 0. The fourth-order valence-corrected chi connectivity index (χ4v) is 2.15. The van der Waals surface area contributed by atoms with Gasteiger partial charge in [0.1, 0.15) is 0 Å². The van der Waals surface area contributed by atoms with Gasteiger partial charge in [0.25, 0.3) is 0 Å². The van der Waals surface area contributed by atoms with Crippen molar-refractivity contribution in [3.05, 3.63) is 33.8 Å². The molecule has 0 fully saturated rings. The number of hydrogen-bond acceptors (Lipinski definition) is 2. The lowest BCUT2D eigenvalue weighted by Gasteiger charge is -2.29. The third-order valence-corrected chi connectivity index (χ3v) is 3.59. The zero-order valence-electron chi connectivity index (χ0n) is 11.0. The molecule has 0 bridgehead atoms. The van der Waals surface area contributed by atoms with E-state index in [0.29, 0.717) is 16.6 Å². The minimum Gasteiger partial charge on any atom is -0.335 e. The van der Waals surface area contributed by atoms with Crippen molar-refractivity contribution in [2.45, 2.75) is 26.3 Å². The van der Waals surface area contributed by atoms with E-state index >= 15 is 0 Å². The molecule has 0 aliphatic carbocycles. The lowest BCUT2D eigenvalue weighted by atomic mass is 10.1. The van der Waals surface area contributed by atoms with Crippen LogP contribution < -0.4 is 5.73 Å². The highest BCUT2D eigenvalue weighted by molar-refractivity contribution is 6.42. The van der Waals surface area contributed by atoms with Gasteiger partial charge in [-0.05, 0) is 31.0 Å². The molecule has 0 aliphatic heterocycles. The summed E-state index contributed by atoms with van der Waals surface area (Å²) < 4.78 is 0. The average Bonchev–Trinajstić information content (AvgIpc) is 2.37. The van der Waals surface area contributed by atoms with Gasteiger partial charge in [-0.1, -0.05) is 36.2 Å². The van der Waals surface area contributed by atoms with E-state index in [1.165, 1.54) is 0 Å². The summed E-state index contributed by atoms with van der Waals surface area (Å²) in [5.74, 6) is -0.0598. The third-order valence-electron chi connectivity index (χ3n) is 2.85.